The lowest BCUT2D eigenvalue weighted by molar-refractivity contribution is -0.136. The van der Waals surface area contributed by atoms with Gasteiger partial charge < -0.3 is 4.74 Å². The number of hydrogen-bond acceptors (Lipinski definition) is 4. The van der Waals surface area contributed by atoms with Crippen molar-refractivity contribution in [3.63, 3.8) is 0 Å². The molecule has 1 aliphatic heterocycles. The molecule has 6 heteroatoms. The topological polar surface area (TPSA) is 66.9 Å². The van der Waals surface area contributed by atoms with Gasteiger partial charge in [-0.3, -0.25) is 19.4 Å². The number of urea groups is 1. The van der Waals surface area contributed by atoms with Crippen LogP contribution in [-0.4, -0.2) is 34.8 Å². The van der Waals surface area contributed by atoms with Crippen molar-refractivity contribution >= 4 is 23.9 Å². The largest absolute Gasteiger partial charge is 0.497 e. The van der Waals surface area contributed by atoms with Crippen molar-refractivity contribution in [2.24, 2.45) is 0 Å². The predicted molar refractivity (Wildman–Crippen MR) is 120 cm³/mol. The van der Waals surface area contributed by atoms with E-state index in [9.17, 15) is 14.4 Å². The van der Waals surface area contributed by atoms with Crippen molar-refractivity contribution in [3.05, 3.63) is 107 Å². The first kappa shape index (κ1) is 21.1. The summed E-state index contributed by atoms with van der Waals surface area (Å²) in [5.41, 5.74) is 2.21. The van der Waals surface area contributed by atoms with E-state index in [1.807, 2.05) is 60.7 Å². The Hall–Kier alpha value is -4.19. The first-order chi connectivity index (χ1) is 15.6. The molecule has 3 aromatic rings. The highest BCUT2D eigenvalue weighted by molar-refractivity contribution is 6.30. The zero-order valence-electron chi connectivity index (χ0n) is 17.6. The van der Waals surface area contributed by atoms with Crippen LogP contribution in [0.3, 0.4) is 0 Å². The second-order valence-electron chi connectivity index (χ2n) is 7.37. The minimum absolute atomic E-state index is 0.0540. The molecule has 1 saturated heterocycles. The molecular formula is C26H22N2O4. The number of ether oxygens (including phenoxy) is 1. The molecule has 1 aliphatic rings. The summed E-state index contributed by atoms with van der Waals surface area (Å²) in [7, 11) is 1.57. The number of nitrogens with zero attached hydrogens (tertiary/aromatic N) is 2. The van der Waals surface area contributed by atoms with E-state index in [0.717, 1.165) is 20.9 Å². The number of barbiturate groups is 1. The van der Waals surface area contributed by atoms with Crippen LogP contribution in [0, 0.1) is 0 Å². The van der Waals surface area contributed by atoms with Gasteiger partial charge in [0.15, 0.2) is 0 Å². The molecule has 0 unspecified atom stereocenters. The van der Waals surface area contributed by atoms with Crippen LogP contribution in [0.4, 0.5) is 4.79 Å². The Kier molecular flexibility index (Phi) is 6.12. The highest BCUT2D eigenvalue weighted by Crippen LogP contribution is 2.24. The molecule has 32 heavy (non-hydrogen) atoms. The molecule has 0 N–H and O–H groups in total. The van der Waals surface area contributed by atoms with Crippen molar-refractivity contribution < 1.29 is 19.1 Å². The van der Waals surface area contributed by atoms with Gasteiger partial charge >= 0.3 is 6.03 Å². The highest BCUT2D eigenvalue weighted by atomic mass is 16.5. The fraction of sp³-hybridized carbons (Fsp3) is 0.115. The lowest BCUT2D eigenvalue weighted by atomic mass is 10.0. The molecule has 3 aromatic carbocycles. The summed E-state index contributed by atoms with van der Waals surface area (Å²) in [5.74, 6) is -0.548. The van der Waals surface area contributed by atoms with Crippen molar-refractivity contribution in [1.29, 1.82) is 0 Å². The van der Waals surface area contributed by atoms with Crippen LogP contribution >= 0.6 is 0 Å². The van der Waals surface area contributed by atoms with Gasteiger partial charge in [0.25, 0.3) is 11.8 Å². The maximum atomic E-state index is 13.2. The third kappa shape index (κ3) is 4.44. The van der Waals surface area contributed by atoms with E-state index in [-0.39, 0.29) is 18.7 Å². The van der Waals surface area contributed by atoms with Crippen LogP contribution < -0.4 is 4.74 Å². The Morgan fingerprint density at radius 1 is 0.688 bits per heavy atom. The van der Waals surface area contributed by atoms with E-state index in [0.29, 0.717) is 11.3 Å². The van der Waals surface area contributed by atoms with Gasteiger partial charge in [-0.25, -0.2) is 4.79 Å². The Balaban J connectivity index is 1.71. The fourth-order valence-corrected chi connectivity index (χ4v) is 3.50. The predicted octanol–water partition coefficient (Wildman–Crippen LogP) is 4.27. The van der Waals surface area contributed by atoms with Crippen molar-refractivity contribution in [3.8, 4) is 5.75 Å². The van der Waals surface area contributed by atoms with Crippen molar-refractivity contribution in [2.75, 3.05) is 7.11 Å². The Bertz CT molecular complexity index is 1090. The number of rotatable bonds is 6. The minimum atomic E-state index is -0.625. The molecule has 0 bridgehead atoms. The maximum absolute atomic E-state index is 13.2. The maximum Gasteiger partial charge on any atom is 0.334 e. The molecule has 0 aromatic heterocycles. The highest BCUT2D eigenvalue weighted by Gasteiger charge is 2.41. The van der Waals surface area contributed by atoms with E-state index < -0.39 is 17.8 Å². The second-order valence-corrected chi connectivity index (χ2v) is 7.37. The summed E-state index contributed by atoms with van der Waals surface area (Å²) in [6.07, 6.45) is 1.52. The average Bonchev–Trinajstić information content (AvgIpc) is 2.84. The van der Waals surface area contributed by atoms with E-state index >= 15 is 0 Å². The third-order valence-electron chi connectivity index (χ3n) is 5.21. The molecule has 0 spiro atoms. The molecule has 6 nitrogen and oxygen atoms in total. The first-order valence-corrected chi connectivity index (χ1v) is 10.2. The van der Waals surface area contributed by atoms with E-state index in [1.54, 1.807) is 31.4 Å². The lowest BCUT2D eigenvalue weighted by Gasteiger charge is -2.34. The molecule has 0 saturated carbocycles. The quantitative estimate of drug-likeness (QED) is 0.436. The van der Waals surface area contributed by atoms with Crippen molar-refractivity contribution in [1.82, 2.24) is 9.80 Å². The molecular weight excluding hydrogens is 404 g/mol. The number of imide groups is 2. The van der Waals surface area contributed by atoms with Gasteiger partial charge in [-0.05, 0) is 34.9 Å². The summed E-state index contributed by atoms with van der Waals surface area (Å²) in [6, 6.07) is 24.8. The molecule has 1 fully saturated rings. The van der Waals surface area contributed by atoms with Crippen LogP contribution in [0.2, 0.25) is 0 Å². The van der Waals surface area contributed by atoms with Gasteiger partial charge in [0.1, 0.15) is 11.3 Å². The molecule has 0 radical (unpaired) electrons. The fourth-order valence-electron chi connectivity index (χ4n) is 3.50. The molecule has 0 atom stereocenters. The van der Waals surface area contributed by atoms with Crippen LogP contribution in [0.25, 0.3) is 6.08 Å². The smallest absolute Gasteiger partial charge is 0.334 e. The van der Waals surface area contributed by atoms with E-state index in [4.69, 9.17) is 4.74 Å². The van der Waals surface area contributed by atoms with Gasteiger partial charge in [0.05, 0.1) is 20.2 Å². The standard InChI is InChI=1S/C26H22N2O4/c1-32-22-14-12-19(13-15-22)16-23-24(29)27(17-20-8-4-2-5-9-20)26(31)28(25(23)30)18-21-10-6-3-7-11-21/h2-16H,17-18H2,1H3. The number of methoxy groups -OCH3 is 1. The molecule has 1 heterocycles. The summed E-state index contributed by atoms with van der Waals surface area (Å²) in [4.78, 5) is 41.9. The Morgan fingerprint density at radius 3 is 1.59 bits per heavy atom. The zero-order chi connectivity index (χ0) is 22.5. The normalized spacial score (nSPS) is 14.0. The molecule has 160 valence electrons. The monoisotopic (exact) mass is 426 g/mol. The number of hydrogen-bond donors (Lipinski definition) is 0. The summed E-state index contributed by atoms with van der Waals surface area (Å²) in [6.45, 7) is 0.161. The summed E-state index contributed by atoms with van der Waals surface area (Å²) >= 11 is 0. The van der Waals surface area contributed by atoms with E-state index in [2.05, 4.69) is 0 Å². The Labute approximate surface area is 186 Å². The number of amides is 4. The summed E-state index contributed by atoms with van der Waals surface area (Å²) in [5, 5.41) is 0. The summed E-state index contributed by atoms with van der Waals surface area (Å²) < 4.78 is 5.17. The van der Waals surface area contributed by atoms with E-state index in [1.165, 1.54) is 6.08 Å². The lowest BCUT2D eigenvalue weighted by Crippen LogP contribution is -2.55. The third-order valence-corrected chi connectivity index (χ3v) is 5.21. The number of carbonyl (C=O) groups excluding carboxylic acids is 3. The minimum Gasteiger partial charge on any atom is -0.497 e. The second kappa shape index (κ2) is 9.31. The van der Waals surface area contributed by atoms with Gasteiger partial charge in [-0.1, -0.05) is 72.8 Å². The zero-order valence-corrected chi connectivity index (χ0v) is 17.6. The van der Waals surface area contributed by atoms with Crippen LogP contribution in [0.15, 0.2) is 90.5 Å². The SMILES string of the molecule is COc1ccc(C=C2C(=O)N(Cc3ccccc3)C(=O)N(Cc3ccccc3)C2=O)cc1. The van der Waals surface area contributed by atoms with Gasteiger partial charge in [-0.15, -0.1) is 0 Å². The number of carbonyl (C=O) groups is 3. The van der Waals surface area contributed by atoms with Crippen LogP contribution in [0.5, 0.6) is 5.75 Å². The number of benzene rings is 3. The Morgan fingerprint density at radius 2 is 1.16 bits per heavy atom. The van der Waals surface area contributed by atoms with Crippen molar-refractivity contribution in [2.45, 2.75) is 13.1 Å². The molecule has 4 amide bonds. The van der Waals surface area contributed by atoms with Crippen LogP contribution in [0.1, 0.15) is 16.7 Å². The van der Waals surface area contributed by atoms with Crippen LogP contribution in [-0.2, 0) is 22.7 Å². The molecule has 0 aliphatic carbocycles. The molecule has 4 rings (SSSR count). The first-order valence-electron chi connectivity index (χ1n) is 10.2. The van der Waals surface area contributed by atoms with Gasteiger partial charge in [0.2, 0.25) is 0 Å². The van der Waals surface area contributed by atoms with Gasteiger partial charge in [-0.2, -0.15) is 0 Å². The average molecular weight is 426 g/mol. The van der Waals surface area contributed by atoms with Gasteiger partial charge in [0, 0.05) is 0 Å².